The van der Waals surface area contributed by atoms with E-state index in [9.17, 15) is 4.79 Å². The van der Waals surface area contributed by atoms with Crippen LogP contribution in [0.1, 0.15) is 13.8 Å². The van der Waals surface area contributed by atoms with Gasteiger partial charge in [0.2, 0.25) is 0 Å². The molecule has 0 spiro atoms. The molecule has 20 aromatic carbocycles. The molecule has 13 heteroatoms. The lowest BCUT2D eigenvalue weighted by molar-refractivity contribution is -0.115. The monoisotopic (exact) mass is 1990 g/mol. The number of rotatable bonds is 12. The van der Waals surface area contributed by atoms with Crippen molar-refractivity contribution in [1.29, 1.82) is 0 Å². The Bertz CT molecular complexity index is 6520. The minimum atomic E-state index is -1.80. The Morgan fingerprint density at radius 3 is 0.235 bits per heavy atom. The van der Waals surface area contributed by atoms with Crippen molar-refractivity contribution in [2.75, 3.05) is 0 Å². The minimum absolute atomic E-state index is 0.167. The van der Waals surface area contributed by atoms with Crippen molar-refractivity contribution in [3.05, 3.63) is 281 Å². The fourth-order valence-electron chi connectivity index (χ4n) is 19.4. The van der Waals surface area contributed by atoms with Crippen LogP contribution in [0.25, 0.3) is 198 Å². The highest BCUT2D eigenvalue weighted by Gasteiger charge is 2.25. The third-order valence-electron chi connectivity index (χ3n) is 23.7. The van der Waals surface area contributed by atoms with Crippen LogP contribution in [0, 0.1) is 0 Å². The summed E-state index contributed by atoms with van der Waals surface area (Å²) in [6, 6.07) is 86.3. The third kappa shape index (κ3) is 27.1. The van der Waals surface area contributed by atoms with Crippen LogP contribution in [0.15, 0.2) is 218 Å². The second-order valence-electron chi connectivity index (χ2n) is 52.2. The van der Waals surface area contributed by atoms with E-state index in [0.717, 1.165) is 0 Å². The predicted octanol–water partition coefficient (Wildman–Crippen LogP) is 29.1. The number of carbonyl (C=O) groups excluding carboxylic acids is 1. The summed E-state index contributed by atoms with van der Waals surface area (Å²) in [4.78, 5) is 9.44. The Labute approximate surface area is 828 Å². The first-order chi connectivity index (χ1) is 62.7. The molecule has 0 heterocycles. The van der Waals surface area contributed by atoms with E-state index in [-0.39, 0.29) is 5.78 Å². The van der Waals surface area contributed by atoms with Crippen LogP contribution in [-0.2, 0) is 4.79 Å². The second-order valence-corrected chi connectivity index (χ2v) is 112. The fraction of sp³-hybridized carbons (Fsp3) is 0.309. The van der Waals surface area contributed by atoms with Crippen LogP contribution >= 0.6 is 0 Å². The second kappa shape index (κ2) is 40.2. The molecule has 136 heavy (non-hydrogen) atoms. The van der Waals surface area contributed by atoms with Gasteiger partial charge in [0.1, 0.15) is 5.78 Å². The van der Waals surface area contributed by atoms with Crippen LogP contribution in [-0.4, -0.2) is 103 Å². The van der Waals surface area contributed by atoms with Crippen molar-refractivity contribution in [2.24, 2.45) is 0 Å². The Morgan fingerprint density at radius 1 is 0.125 bits per heavy atom. The molecule has 20 rings (SSSR count). The van der Waals surface area contributed by atoms with E-state index in [1.807, 2.05) is 0 Å². The van der Waals surface area contributed by atoms with Gasteiger partial charge in [-0.15, -0.1) is 0 Å². The normalized spacial score (nSPS) is 15.1. The lowest BCUT2D eigenvalue weighted by Crippen LogP contribution is -2.36. The zero-order valence-electron chi connectivity index (χ0n) is 90.6. The molecule has 0 fully saturated rings. The number of Topliss-reactive ketones (excluding diaryl/α,β-unsaturated/α-hetero) is 1. The molecule has 0 aliphatic carbocycles. The molecule has 0 saturated heterocycles. The molecule has 708 valence electrons. The van der Waals surface area contributed by atoms with E-state index >= 15 is 0 Å². The summed E-state index contributed by atoms with van der Waals surface area (Å²) in [5, 5.41) is 48.8. The number of carbonyl (C=O) groups is 1. The van der Waals surface area contributed by atoms with Gasteiger partial charge in [-0.1, -0.05) is 522 Å². The van der Waals surface area contributed by atoms with Crippen molar-refractivity contribution in [3.8, 4) is 0 Å². The minimum Gasteiger partial charge on any atom is -0.300 e. The van der Waals surface area contributed by atoms with Gasteiger partial charge in [0.15, 0.2) is 0 Å². The van der Waals surface area contributed by atoms with Gasteiger partial charge in [-0.2, -0.15) is 0 Å². The van der Waals surface area contributed by atoms with Crippen LogP contribution in [0.3, 0.4) is 0 Å². The van der Waals surface area contributed by atoms with Crippen LogP contribution in [0.5, 0.6) is 0 Å². The summed E-state index contributed by atoms with van der Waals surface area (Å²) >= 11 is 0. The average molecular weight is 1990 g/mol. The predicted molar refractivity (Wildman–Crippen MR) is 661 cm³/mol. The molecule has 0 amide bonds. The van der Waals surface area contributed by atoms with E-state index < -0.39 is 96.9 Å². The maximum atomic E-state index is 9.44. The van der Waals surface area contributed by atoms with Crippen molar-refractivity contribution >= 4 is 300 Å². The van der Waals surface area contributed by atoms with E-state index in [2.05, 4.69) is 522 Å². The lowest BCUT2D eigenvalue weighted by Gasteiger charge is -2.16. The van der Waals surface area contributed by atoms with Crippen LogP contribution in [0.4, 0.5) is 0 Å². The molecule has 0 radical (unpaired) electrons. The summed E-state index contributed by atoms with van der Waals surface area (Å²) < 4.78 is 0. The van der Waals surface area contributed by atoms with Gasteiger partial charge in [0.05, 0.1) is 96.9 Å². The summed E-state index contributed by atoms with van der Waals surface area (Å²) in [5.74, 6) is 0.167. The van der Waals surface area contributed by atoms with Crippen molar-refractivity contribution in [2.45, 2.75) is 250 Å². The lowest BCUT2D eigenvalue weighted by atomic mass is 9.96. The third-order valence-corrected chi connectivity index (χ3v) is 37.6. The largest absolute Gasteiger partial charge is 0.300 e. The molecule has 0 atom stereocenters. The fourth-order valence-corrected chi connectivity index (χ4v) is 33.5. The molecule has 20 aromatic rings. The van der Waals surface area contributed by atoms with Gasteiger partial charge in [-0.05, 0) is 206 Å². The average Bonchev–Trinajstić information content (AvgIpc) is 0.735. The van der Waals surface area contributed by atoms with E-state index in [0.29, 0.717) is 0 Å². The first kappa shape index (κ1) is 106. The standard InChI is InChI=1S/2C60H78Si6.C3H6O/c2*1-61(2,3)37-55-49-31-32-51(44-26-20-19-25-43(44)49)57(39-63(7,8)9)59(41-65(13,14)15)53-35-36-54(48-30-24-23-29-47(48)53)60(42-66(16,17)18)58(40-64(10,11)12)52-34-33-50(56(55)38-62(4,5)6)45-27-21-22-28-46(45)52;1-3(2)4/h2*19-42H,1-18H3;1-2H3/b2*55-37+,56-38+,57-39+,58-40+,59-41+,60-42+;. The SMILES string of the molecule is CC(C)=O.C[Si](C)(C)/C=c1/c(=C/[Si](C)(C)C)c2ccc(c(=C\[Si](C)(C)C)/c(=C/[Si](C)(C)C)c3ccc(c(=C\[Si](C)(C)C)/c(=C/[Si](C)(C)C)c4ccc1c1ccccc41)c1ccccc31)c1ccccc21.C[Si](C)(C)/C=c1/c(=C/[Si](C)(C)C)c2ccc(c(=C\[Si](C)(C)C)/c(=C/[Si](C)(C)C)c3ccc(c(=C\[Si](C)(C)C)/c(=C/[Si](C)(C)C)c4ccc1c1ccccc41)c1ccccc31)c1ccccc21. The molecule has 0 N–H and O–H groups in total. The van der Waals surface area contributed by atoms with E-state index in [4.69, 9.17) is 0 Å². The highest BCUT2D eigenvalue weighted by atomic mass is 28.3. The Kier molecular flexibility index (Phi) is 31.4. The molecular formula is C123H162OSi12. The smallest absolute Gasteiger partial charge is 0.126 e. The van der Waals surface area contributed by atoms with Crippen LogP contribution < -0.4 is 62.6 Å². The van der Waals surface area contributed by atoms with E-state index in [1.165, 1.54) is 206 Å². The molecule has 0 unspecified atom stereocenters. The highest BCUT2D eigenvalue weighted by molar-refractivity contribution is 6.94. The Morgan fingerprint density at radius 2 is 0.184 bits per heavy atom. The molecule has 0 aliphatic rings. The maximum Gasteiger partial charge on any atom is 0.126 e. The van der Waals surface area contributed by atoms with Crippen LogP contribution in [0.2, 0.25) is 236 Å². The highest BCUT2D eigenvalue weighted by Crippen LogP contribution is 2.31. The first-order valence-electron chi connectivity index (χ1n) is 50.1. The van der Waals surface area contributed by atoms with Crippen molar-refractivity contribution in [1.82, 2.24) is 0 Å². The summed E-state index contributed by atoms with van der Waals surface area (Å²) in [6.45, 7) is 93.3. The summed E-state index contributed by atoms with van der Waals surface area (Å²) in [6.07, 6.45) is 0. The van der Waals surface area contributed by atoms with E-state index in [1.54, 1.807) is 0 Å². The topological polar surface area (TPSA) is 17.1 Å². The summed E-state index contributed by atoms with van der Waals surface area (Å²) in [5.41, 5.74) is 32.6. The quantitative estimate of drug-likeness (QED) is 0.111. The zero-order chi connectivity index (χ0) is 100. The van der Waals surface area contributed by atoms with Gasteiger partial charge in [-0.3, -0.25) is 0 Å². The molecular weight excluding hydrogens is 1830 g/mol. The van der Waals surface area contributed by atoms with Gasteiger partial charge < -0.3 is 4.79 Å². The van der Waals surface area contributed by atoms with Gasteiger partial charge in [-0.25, -0.2) is 0 Å². The Hall–Kier alpha value is -8.65. The molecule has 0 saturated carbocycles. The molecule has 12 bridgehead atoms. The van der Waals surface area contributed by atoms with Gasteiger partial charge in [0.25, 0.3) is 0 Å². The molecule has 0 aliphatic heterocycles. The van der Waals surface area contributed by atoms with Gasteiger partial charge in [0, 0.05) is 0 Å². The Balaban J connectivity index is 0.000000235. The summed E-state index contributed by atoms with van der Waals surface area (Å²) in [7, 11) is -21.6. The van der Waals surface area contributed by atoms with Crippen molar-refractivity contribution in [3.63, 3.8) is 0 Å². The molecule has 1 nitrogen and oxygen atoms in total. The number of ketones is 1. The maximum absolute atomic E-state index is 9.44. The van der Waals surface area contributed by atoms with Gasteiger partial charge >= 0.3 is 0 Å². The number of hydrogen-bond donors (Lipinski definition) is 0. The zero-order valence-corrected chi connectivity index (χ0v) is 103. The number of benzene rings is 12. The molecule has 0 aromatic heterocycles. The van der Waals surface area contributed by atoms with Crippen molar-refractivity contribution < 1.29 is 4.79 Å². The first-order valence-corrected chi connectivity index (χ1v) is 93.0. The number of hydrogen-bond acceptors (Lipinski definition) is 1.